The molecule has 2 aliphatic rings. The van der Waals surface area contributed by atoms with E-state index in [2.05, 4.69) is 4.90 Å². The smallest absolute Gasteiger partial charge is 0.146 e. The van der Waals surface area contributed by atoms with Crippen LogP contribution in [0.1, 0.15) is 25.7 Å². The van der Waals surface area contributed by atoms with E-state index in [1.807, 2.05) is 0 Å². The number of rotatable bonds is 1. The number of hydrogen-bond acceptors (Lipinski definition) is 3. The van der Waals surface area contributed by atoms with E-state index < -0.39 is 0 Å². The van der Waals surface area contributed by atoms with Crippen molar-refractivity contribution in [2.75, 3.05) is 26.3 Å². The molecule has 2 fully saturated rings. The summed E-state index contributed by atoms with van der Waals surface area (Å²) in [6.45, 7) is 3.47. The zero-order chi connectivity index (χ0) is 9.10. The molecule has 1 unspecified atom stereocenters. The number of piperidine rings is 1. The van der Waals surface area contributed by atoms with Crippen molar-refractivity contribution >= 4 is 5.78 Å². The maximum absolute atomic E-state index is 11.2. The van der Waals surface area contributed by atoms with Crippen molar-refractivity contribution in [2.24, 2.45) is 0 Å². The van der Waals surface area contributed by atoms with Gasteiger partial charge in [-0.1, -0.05) is 0 Å². The van der Waals surface area contributed by atoms with Gasteiger partial charge in [-0.3, -0.25) is 9.69 Å². The zero-order valence-electron chi connectivity index (χ0n) is 8.00. The first kappa shape index (κ1) is 9.16. The lowest BCUT2D eigenvalue weighted by atomic mass is 10.0. The molecular weight excluding hydrogens is 166 g/mol. The second-order valence-electron chi connectivity index (χ2n) is 3.98. The van der Waals surface area contributed by atoms with Crippen LogP contribution in [0.15, 0.2) is 0 Å². The van der Waals surface area contributed by atoms with Gasteiger partial charge >= 0.3 is 0 Å². The van der Waals surface area contributed by atoms with Crippen LogP contribution < -0.4 is 0 Å². The Labute approximate surface area is 79.0 Å². The van der Waals surface area contributed by atoms with Crippen LogP contribution in [0.25, 0.3) is 0 Å². The minimum Gasteiger partial charge on any atom is -0.380 e. The van der Waals surface area contributed by atoms with Crippen LogP contribution in [-0.2, 0) is 9.53 Å². The van der Waals surface area contributed by atoms with Crippen LogP contribution in [0, 0.1) is 0 Å². The van der Waals surface area contributed by atoms with E-state index >= 15 is 0 Å². The molecule has 0 bridgehead atoms. The van der Waals surface area contributed by atoms with Gasteiger partial charge in [0.25, 0.3) is 0 Å². The molecule has 0 aromatic carbocycles. The Hall–Kier alpha value is -0.410. The topological polar surface area (TPSA) is 29.5 Å². The van der Waals surface area contributed by atoms with Crippen LogP contribution in [0.5, 0.6) is 0 Å². The fraction of sp³-hybridized carbons (Fsp3) is 0.900. The Morgan fingerprint density at radius 1 is 1.38 bits per heavy atom. The third-order valence-electron chi connectivity index (χ3n) is 2.93. The van der Waals surface area contributed by atoms with Crippen molar-refractivity contribution < 1.29 is 9.53 Å². The lowest BCUT2D eigenvalue weighted by Gasteiger charge is -2.35. The number of carbonyl (C=O) groups is 1. The van der Waals surface area contributed by atoms with Crippen LogP contribution in [0.4, 0.5) is 0 Å². The molecule has 74 valence electrons. The summed E-state index contributed by atoms with van der Waals surface area (Å²) in [6, 6.07) is 0.512. The second-order valence-corrected chi connectivity index (χ2v) is 3.98. The molecule has 0 aromatic rings. The summed E-state index contributed by atoms with van der Waals surface area (Å²) in [7, 11) is 0. The van der Waals surface area contributed by atoms with Gasteiger partial charge in [0.15, 0.2) is 0 Å². The number of Topliss-reactive ketones (excluding diaryl/α,β-unsaturated/α-hetero) is 1. The molecule has 0 N–H and O–H groups in total. The second kappa shape index (κ2) is 4.20. The first-order chi connectivity index (χ1) is 6.36. The fourth-order valence-corrected chi connectivity index (χ4v) is 2.19. The van der Waals surface area contributed by atoms with E-state index in [0.29, 0.717) is 18.4 Å². The first-order valence-electron chi connectivity index (χ1n) is 5.20. The molecule has 13 heavy (non-hydrogen) atoms. The Morgan fingerprint density at radius 2 is 2.31 bits per heavy atom. The lowest BCUT2D eigenvalue weighted by Crippen LogP contribution is -2.46. The minimum atomic E-state index is 0.400. The molecule has 0 aliphatic carbocycles. The summed E-state index contributed by atoms with van der Waals surface area (Å²) in [5, 5.41) is 0. The molecule has 0 saturated carbocycles. The van der Waals surface area contributed by atoms with Gasteiger partial charge in [-0.05, 0) is 25.8 Å². The fourth-order valence-electron chi connectivity index (χ4n) is 2.19. The van der Waals surface area contributed by atoms with Crippen molar-refractivity contribution in [1.82, 2.24) is 4.90 Å². The van der Waals surface area contributed by atoms with Gasteiger partial charge < -0.3 is 4.74 Å². The monoisotopic (exact) mass is 183 g/mol. The van der Waals surface area contributed by atoms with Gasteiger partial charge in [0, 0.05) is 19.1 Å². The van der Waals surface area contributed by atoms with Gasteiger partial charge in [-0.25, -0.2) is 0 Å². The van der Waals surface area contributed by atoms with Gasteiger partial charge in [-0.2, -0.15) is 0 Å². The highest BCUT2D eigenvalue weighted by atomic mass is 16.5. The summed E-state index contributed by atoms with van der Waals surface area (Å²) in [5.41, 5.74) is 0. The van der Waals surface area contributed by atoms with Crippen molar-refractivity contribution in [3.8, 4) is 0 Å². The van der Waals surface area contributed by atoms with Crippen molar-refractivity contribution in [3.05, 3.63) is 0 Å². The average molecular weight is 183 g/mol. The molecule has 1 atom stereocenters. The summed E-state index contributed by atoms with van der Waals surface area (Å²) in [4.78, 5) is 13.5. The third-order valence-corrected chi connectivity index (χ3v) is 2.93. The van der Waals surface area contributed by atoms with Crippen molar-refractivity contribution in [3.63, 3.8) is 0 Å². The number of carbonyl (C=O) groups excluding carboxylic acids is 1. The highest BCUT2D eigenvalue weighted by molar-refractivity contribution is 5.81. The normalized spacial score (nSPS) is 32.0. The predicted molar refractivity (Wildman–Crippen MR) is 49.7 cm³/mol. The molecule has 2 heterocycles. The first-order valence-corrected chi connectivity index (χ1v) is 5.20. The minimum absolute atomic E-state index is 0.400. The Balaban J connectivity index is 1.87. The van der Waals surface area contributed by atoms with E-state index in [-0.39, 0.29) is 0 Å². The van der Waals surface area contributed by atoms with E-state index in [4.69, 9.17) is 4.74 Å². The number of ether oxygens (including phenoxy) is 1. The maximum Gasteiger partial charge on any atom is 0.146 e. The maximum atomic E-state index is 11.2. The summed E-state index contributed by atoms with van der Waals surface area (Å²) in [5.74, 6) is 0.400. The number of nitrogens with zero attached hydrogens (tertiary/aromatic N) is 1. The highest BCUT2D eigenvalue weighted by Gasteiger charge is 2.25. The highest BCUT2D eigenvalue weighted by Crippen LogP contribution is 2.17. The van der Waals surface area contributed by atoms with Crippen LogP contribution >= 0.6 is 0 Å². The molecule has 0 amide bonds. The van der Waals surface area contributed by atoms with Gasteiger partial charge in [0.05, 0.1) is 13.2 Å². The van der Waals surface area contributed by atoms with Crippen LogP contribution in [-0.4, -0.2) is 43.0 Å². The van der Waals surface area contributed by atoms with Crippen molar-refractivity contribution in [2.45, 2.75) is 31.7 Å². The van der Waals surface area contributed by atoms with Crippen LogP contribution in [0.3, 0.4) is 0 Å². The molecule has 3 nitrogen and oxygen atoms in total. The predicted octanol–water partition coefficient (Wildman–Crippen LogP) is 0.830. The van der Waals surface area contributed by atoms with Crippen LogP contribution in [0.2, 0.25) is 0 Å². The summed E-state index contributed by atoms with van der Waals surface area (Å²) in [6.07, 6.45) is 4.17. The van der Waals surface area contributed by atoms with E-state index in [0.717, 1.165) is 39.0 Å². The quantitative estimate of drug-likeness (QED) is 0.603. The number of likely N-dealkylation sites (tertiary alicyclic amines) is 1. The molecule has 2 saturated heterocycles. The molecule has 2 rings (SSSR count). The third kappa shape index (κ3) is 2.29. The van der Waals surface area contributed by atoms with Gasteiger partial charge in [0.2, 0.25) is 0 Å². The Bertz CT molecular complexity index is 187. The SMILES string of the molecule is O=C1CCCN(C2CCCOC2)C1. The van der Waals surface area contributed by atoms with E-state index in [9.17, 15) is 4.79 Å². The lowest BCUT2D eigenvalue weighted by molar-refractivity contribution is -0.124. The summed E-state index contributed by atoms with van der Waals surface area (Å²) >= 11 is 0. The summed E-state index contributed by atoms with van der Waals surface area (Å²) < 4.78 is 5.42. The Morgan fingerprint density at radius 3 is 3.00 bits per heavy atom. The van der Waals surface area contributed by atoms with Crippen molar-refractivity contribution in [1.29, 1.82) is 0 Å². The number of ketones is 1. The zero-order valence-corrected chi connectivity index (χ0v) is 8.00. The standard InChI is InChI=1S/C10H17NO2/c12-10-4-1-5-11(7-10)9-3-2-6-13-8-9/h9H,1-8H2. The molecular formula is C10H17NO2. The average Bonchev–Trinajstić information content (AvgIpc) is 2.19. The molecule has 3 heteroatoms. The molecule has 0 aromatic heterocycles. The van der Waals surface area contributed by atoms with E-state index in [1.54, 1.807) is 0 Å². The Kier molecular flexibility index (Phi) is 2.96. The number of hydrogen-bond donors (Lipinski definition) is 0. The largest absolute Gasteiger partial charge is 0.380 e. The molecule has 0 spiro atoms. The van der Waals surface area contributed by atoms with Gasteiger partial charge in [-0.15, -0.1) is 0 Å². The van der Waals surface area contributed by atoms with E-state index in [1.165, 1.54) is 6.42 Å². The molecule has 2 aliphatic heterocycles. The van der Waals surface area contributed by atoms with Gasteiger partial charge in [0.1, 0.15) is 5.78 Å². The molecule has 0 radical (unpaired) electrons.